The Morgan fingerprint density at radius 3 is 2.37 bits per heavy atom. The van der Waals surface area contributed by atoms with E-state index in [4.69, 9.17) is 4.74 Å². The second kappa shape index (κ2) is 6.24. The Hall–Kier alpha value is -2.01. The molecule has 4 nitrogen and oxygen atoms in total. The highest BCUT2D eigenvalue weighted by Gasteiger charge is 2.05. The molecule has 1 aromatic carbocycles. The topological polar surface area (TPSA) is 48.4 Å². The van der Waals surface area contributed by atoms with Crippen LogP contribution in [-0.2, 0) is 4.74 Å². The summed E-state index contributed by atoms with van der Waals surface area (Å²) >= 11 is 1.52. The maximum absolute atomic E-state index is 11.3. The number of ether oxygens (including phenoxy) is 2. The van der Waals surface area contributed by atoms with Crippen LogP contribution in [0.1, 0.15) is 10.4 Å². The molecule has 0 atom stereocenters. The van der Waals surface area contributed by atoms with Crippen molar-refractivity contribution in [2.45, 2.75) is 9.92 Å². The average molecular weight is 275 g/mol. The molecule has 98 valence electrons. The number of benzene rings is 1. The van der Waals surface area contributed by atoms with Gasteiger partial charge in [-0.1, -0.05) is 11.8 Å². The first-order valence-electron chi connectivity index (χ1n) is 5.59. The van der Waals surface area contributed by atoms with Gasteiger partial charge in [-0.25, -0.2) is 9.78 Å². The molecule has 0 saturated heterocycles. The van der Waals surface area contributed by atoms with E-state index in [1.807, 2.05) is 24.3 Å². The van der Waals surface area contributed by atoms with Crippen molar-refractivity contribution in [3.05, 3.63) is 48.2 Å². The van der Waals surface area contributed by atoms with Gasteiger partial charge in [-0.3, -0.25) is 0 Å². The highest BCUT2D eigenvalue weighted by molar-refractivity contribution is 7.99. The van der Waals surface area contributed by atoms with Crippen LogP contribution < -0.4 is 4.74 Å². The van der Waals surface area contributed by atoms with Gasteiger partial charge >= 0.3 is 5.97 Å². The third kappa shape index (κ3) is 3.48. The van der Waals surface area contributed by atoms with Crippen molar-refractivity contribution < 1.29 is 14.3 Å². The number of aromatic nitrogens is 1. The number of esters is 1. The fourth-order valence-corrected chi connectivity index (χ4v) is 2.20. The summed E-state index contributed by atoms with van der Waals surface area (Å²) in [4.78, 5) is 16.6. The molecular formula is C14H13NO3S. The fraction of sp³-hybridized carbons (Fsp3) is 0.143. The van der Waals surface area contributed by atoms with Gasteiger partial charge in [0.2, 0.25) is 0 Å². The van der Waals surface area contributed by atoms with E-state index >= 15 is 0 Å². The second-order valence-electron chi connectivity index (χ2n) is 3.65. The van der Waals surface area contributed by atoms with Crippen molar-refractivity contribution in [1.29, 1.82) is 0 Å². The average Bonchev–Trinajstić information content (AvgIpc) is 2.48. The number of rotatable bonds is 4. The summed E-state index contributed by atoms with van der Waals surface area (Å²) in [6, 6.07) is 10.9. The van der Waals surface area contributed by atoms with Crippen molar-refractivity contribution in [1.82, 2.24) is 4.98 Å². The molecule has 0 spiro atoms. The van der Waals surface area contributed by atoms with Crippen LogP contribution in [-0.4, -0.2) is 25.2 Å². The van der Waals surface area contributed by atoms with Gasteiger partial charge in [-0.2, -0.15) is 0 Å². The predicted octanol–water partition coefficient (Wildman–Crippen LogP) is 3.03. The van der Waals surface area contributed by atoms with Gasteiger partial charge in [0.1, 0.15) is 10.8 Å². The lowest BCUT2D eigenvalue weighted by Gasteiger charge is -2.03. The maximum atomic E-state index is 11.3. The number of hydrogen-bond acceptors (Lipinski definition) is 5. The molecule has 0 radical (unpaired) electrons. The van der Waals surface area contributed by atoms with Crippen molar-refractivity contribution in [3.63, 3.8) is 0 Å². The number of methoxy groups -OCH3 is 2. The normalized spacial score (nSPS) is 10.0. The van der Waals surface area contributed by atoms with E-state index in [0.29, 0.717) is 5.56 Å². The van der Waals surface area contributed by atoms with Crippen molar-refractivity contribution in [2.24, 2.45) is 0 Å². The number of nitrogens with zero attached hydrogens (tertiary/aromatic N) is 1. The minimum atomic E-state index is -0.334. The van der Waals surface area contributed by atoms with E-state index in [1.165, 1.54) is 18.9 Å². The van der Waals surface area contributed by atoms with Gasteiger partial charge in [0.15, 0.2) is 0 Å². The van der Waals surface area contributed by atoms with E-state index in [-0.39, 0.29) is 5.97 Å². The summed E-state index contributed by atoms with van der Waals surface area (Å²) in [5.41, 5.74) is 0.537. The number of hydrogen-bond donors (Lipinski definition) is 0. The van der Waals surface area contributed by atoms with E-state index in [2.05, 4.69) is 9.72 Å². The molecule has 2 aromatic rings. The van der Waals surface area contributed by atoms with Crippen molar-refractivity contribution >= 4 is 17.7 Å². The zero-order chi connectivity index (χ0) is 13.7. The molecule has 1 aromatic heterocycles. The van der Waals surface area contributed by atoms with Crippen LogP contribution >= 0.6 is 11.8 Å². The molecule has 19 heavy (non-hydrogen) atoms. The zero-order valence-corrected chi connectivity index (χ0v) is 11.4. The first-order valence-corrected chi connectivity index (χ1v) is 6.41. The second-order valence-corrected chi connectivity index (χ2v) is 4.75. The minimum absolute atomic E-state index is 0.334. The van der Waals surface area contributed by atoms with Gasteiger partial charge in [-0.05, 0) is 36.4 Å². The highest BCUT2D eigenvalue weighted by atomic mass is 32.2. The minimum Gasteiger partial charge on any atom is -0.495 e. The summed E-state index contributed by atoms with van der Waals surface area (Å²) < 4.78 is 9.70. The van der Waals surface area contributed by atoms with Gasteiger partial charge in [0, 0.05) is 4.90 Å². The lowest BCUT2D eigenvalue weighted by atomic mass is 10.2. The van der Waals surface area contributed by atoms with Crippen LogP contribution in [0.5, 0.6) is 5.75 Å². The van der Waals surface area contributed by atoms with E-state index < -0.39 is 0 Å². The molecule has 0 aliphatic carbocycles. The van der Waals surface area contributed by atoms with E-state index in [9.17, 15) is 4.79 Å². The maximum Gasteiger partial charge on any atom is 0.337 e. The molecule has 0 N–H and O–H groups in total. The van der Waals surface area contributed by atoms with Crippen LogP contribution in [0.2, 0.25) is 0 Å². The Labute approximate surface area is 115 Å². The SMILES string of the molecule is COC(=O)c1ccc(Sc2ccc(OC)cn2)cc1. The molecule has 5 heteroatoms. The number of pyridine rings is 1. The smallest absolute Gasteiger partial charge is 0.337 e. The number of carbonyl (C=O) groups excluding carboxylic acids is 1. The molecule has 0 fully saturated rings. The monoisotopic (exact) mass is 275 g/mol. The van der Waals surface area contributed by atoms with Crippen LogP contribution in [0, 0.1) is 0 Å². The van der Waals surface area contributed by atoms with E-state index in [1.54, 1.807) is 25.4 Å². The van der Waals surface area contributed by atoms with Gasteiger partial charge in [0.05, 0.1) is 26.0 Å². The Balaban J connectivity index is 2.08. The zero-order valence-electron chi connectivity index (χ0n) is 10.6. The van der Waals surface area contributed by atoms with Gasteiger partial charge in [0.25, 0.3) is 0 Å². The van der Waals surface area contributed by atoms with E-state index in [0.717, 1.165) is 15.7 Å². The van der Waals surface area contributed by atoms with Crippen LogP contribution in [0.15, 0.2) is 52.5 Å². The highest BCUT2D eigenvalue weighted by Crippen LogP contribution is 2.27. The molecule has 0 unspecified atom stereocenters. The lowest BCUT2D eigenvalue weighted by Crippen LogP contribution is -2.00. The molecule has 2 rings (SSSR count). The summed E-state index contributed by atoms with van der Waals surface area (Å²) in [6.45, 7) is 0. The molecule has 0 bridgehead atoms. The first-order chi connectivity index (χ1) is 9.22. The van der Waals surface area contributed by atoms with Gasteiger partial charge < -0.3 is 9.47 Å². The molecule has 1 heterocycles. The van der Waals surface area contributed by atoms with Gasteiger partial charge in [-0.15, -0.1) is 0 Å². The summed E-state index contributed by atoms with van der Waals surface area (Å²) in [7, 11) is 2.97. The lowest BCUT2D eigenvalue weighted by molar-refractivity contribution is 0.0600. The number of carbonyl (C=O) groups is 1. The summed E-state index contributed by atoms with van der Waals surface area (Å²) in [5, 5.41) is 0.867. The molecule has 0 aliphatic rings. The van der Waals surface area contributed by atoms with Crippen LogP contribution in [0.25, 0.3) is 0 Å². The van der Waals surface area contributed by atoms with Crippen molar-refractivity contribution in [2.75, 3.05) is 14.2 Å². The fourth-order valence-electron chi connectivity index (χ4n) is 1.45. The Kier molecular flexibility index (Phi) is 4.41. The summed E-state index contributed by atoms with van der Waals surface area (Å²) in [6.07, 6.45) is 1.67. The molecule has 0 amide bonds. The quantitative estimate of drug-likeness (QED) is 0.803. The predicted molar refractivity (Wildman–Crippen MR) is 72.7 cm³/mol. The molecular weight excluding hydrogens is 262 g/mol. The Bertz CT molecular complexity index is 552. The molecule has 0 saturated carbocycles. The molecule has 0 aliphatic heterocycles. The first kappa shape index (κ1) is 13.4. The standard InChI is InChI=1S/C14H13NO3S/c1-17-11-5-8-13(15-9-11)19-12-6-3-10(4-7-12)14(16)18-2/h3-9H,1-2H3. The van der Waals surface area contributed by atoms with Crippen molar-refractivity contribution in [3.8, 4) is 5.75 Å². The third-order valence-electron chi connectivity index (χ3n) is 2.44. The third-order valence-corrected chi connectivity index (χ3v) is 3.40. The van der Waals surface area contributed by atoms with Crippen LogP contribution in [0.3, 0.4) is 0 Å². The van der Waals surface area contributed by atoms with Crippen LogP contribution in [0.4, 0.5) is 0 Å². The Morgan fingerprint density at radius 1 is 1.11 bits per heavy atom. The Morgan fingerprint density at radius 2 is 1.84 bits per heavy atom. The largest absolute Gasteiger partial charge is 0.495 e. The summed E-state index contributed by atoms with van der Waals surface area (Å²) in [5.74, 6) is 0.393.